The van der Waals surface area contributed by atoms with Crippen molar-refractivity contribution in [1.82, 2.24) is 9.88 Å². The molecule has 6 heteroatoms. The first kappa shape index (κ1) is 16.3. The predicted molar refractivity (Wildman–Crippen MR) is 104 cm³/mol. The number of anilines is 2. The van der Waals surface area contributed by atoms with Crippen LogP contribution in [0.15, 0.2) is 59.5 Å². The molecule has 2 aromatic rings. The molecule has 0 unspecified atom stereocenters. The average molecular weight is 347 g/mol. The van der Waals surface area contributed by atoms with E-state index in [2.05, 4.69) is 32.4 Å². The lowest BCUT2D eigenvalue weighted by molar-refractivity contribution is 0.104. The Hall–Kier alpha value is -3.15. The van der Waals surface area contributed by atoms with Crippen LogP contribution in [-0.2, 0) is 0 Å². The van der Waals surface area contributed by atoms with Crippen LogP contribution in [0.3, 0.4) is 0 Å². The van der Waals surface area contributed by atoms with Gasteiger partial charge in [-0.3, -0.25) is 9.79 Å². The van der Waals surface area contributed by atoms with Crippen molar-refractivity contribution in [3.8, 4) is 0 Å². The SMILES string of the molecule is CCCNc1ccc(C(=O)C=C2Nc3ccccc3C3=NCCN23)cn1. The van der Waals surface area contributed by atoms with Crippen molar-refractivity contribution in [3.63, 3.8) is 0 Å². The number of benzene rings is 1. The highest BCUT2D eigenvalue weighted by Crippen LogP contribution is 2.29. The number of allylic oxidation sites excluding steroid dienone is 1. The molecular formula is C20H21N5O. The Kier molecular flexibility index (Phi) is 4.39. The number of hydrogen-bond acceptors (Lipinski definition) is 6. The second-order valence-electron chi connectivity index (χ2n) is 6.28. The molecule has 6 nitrogen and oxygen atoms in total. The quantitative estimate of drug-likeness (QED) is 0.642. The molecule has 2 aliphatic heterocycles. The molecule has 0 radical (unpaired) electrons. The van der Waals surface area contributed by atoms with Crippen LogP contribution in [0.4, 0.5) is 11.5 Å². The number of hydrogen-bond donors (Lipinski definition) is 2. The van der Waals surface area contributed by atoms with Crippen molar-refractivity contribution in [2.24, 2.45) is 4.99 Å². The van der Waals surface area contributed by atoms with Gasteiger partial charge in [-0.2, -0.15) is 0 Å². The maximum Gasteiger partial charge on any atom is 0.191 e. The van der Waals surface area contributed by atoms with Crippen LogP contribution in [0.2, 0.25) is 0 Å². The fraction of sp³-hybridized carbons (Fsp3) is 0.250. The molecule has 132 valence electrons. The van der Waals surface area contributed by atoms with Gasteiger partial charge in [0.05, 0.1) is 12.2 Å². The van der Waals surface area contributed by atoms with Gasteiger partial charge < -0.3 is 15.5 Å². The zero-order chi connectivity index (χ0) is 17.9. The standard InChI is InChI=1S/C20H21N5O/c1-2-9-21-18-8-7-14(13-23-18)17(26)12-19-24-16-6-4-3-5-15(16)20-22-10-11-25(19)20/h3-8,12-13,24H,2,9-11H2,1H3,(H,21,23). The van der Waals surface area contributed by atoms with Crippen LogP contribution in [0.1, 0.15) is 29.3 Å². The summed E-state index contributed by atoms with van der Waals surface area (Å²) >= 11 is 0. The molecule has 0 saturated heterocycles. The molecule has 4 rings (SSSR count). The highest BCUT2D eigenvalue weighted by molar-refractivity contribution is 6.10. The number of amidine groups is 1. The second kappa shape index (κ2) is 7.00. The molecule has 2 N–H and O–H groups in total. The first-order chi connectivity index (χ1) is 12.8. The summed E-state index contributed by atoms with van der Waals surface area (Å²) in [5, 5.41) is 6.57. The number of nitrogens with zero attached hydrogens (tertiary/aromatic N) is 3. The smallest absolute Gasteiger partial charge is 0.191 e. The largest absolute Gasteiger partial charge is 0.370 e. The fourth-order valence-electron chi connectivity index (χ4n) is 3.12. The fourth-order valence-corrected chi connectivity index (χ4v) is 3.12. The molecule has 0 aliphatic carbocycles. The van der Waals surface area contributed by atoms with Gasteiger partial charge in [0, 0.05) is 36.5 Å². The van der Waals surface area contributed by atoms with Crippen molar-refractivity contribution in [1.29, 1.82) is 0 Å². The van der Waals surface area contributed by atoms with Gasteiger partial charge in [0.2, 0.25) is 0 Å². The first-order valence-electron chi connectivity index (χ1n) is 8.90. The lowest BCUT2D eigenvalue weighted by atomic mass is 10.1. The average Bonchev–Trinajstić information content (AvgIpc) is 3.17. The number of carbonyl (C=O) groups excluding carboxylic acids is 1. The van der Waals surface area contributed by atoms with Crippen LogP contribution < -0.4 is 10.6 Å². The van der Waals surface area contributed by atoms with Crippen LogP contribution in [-0.4, -0.2) is 41.1 Å². The Bertz CT molecular complexity index is 885. The molecule has 0 atom stereocenters. The third-order valence-corrected chi connectivity index (χ3v) is 4.43. The van der Waals surface area contributed by atoms with Gasteiger partial charge in [-0.25, -0.2) is 4.98 Å². The zero-order valence-electron chi connectivity index (χ0n) is 14.7. The highest BCUT2D eigenvalue weighted by atomic mass is 16.1. The van der Waals surface area contributed by atoms with Crippen molar-refractivity contribution < 1.29 is 4.79 Å². The number of aromatic nitrogens is 1. The minimum atomic E-state index is -0.0762. The summed E-state index contributed by atoms with van der Waals surface area (Å²) in [6.45, 7) is 4.47. The van der Waals surface area contributed by atoms with E-state index in [0.717, 1.165) is 54.8 Å². The Morgan fingerprint density at radius 2 is 2.19 bits per heavy atom. The minimum Gasteiger partial charge on any atom is -0.370 e. The summed E-state index contributed by atoms with van der Waals surface area (Å²) in [7, 11) is 0. The normalized spacial score (nSPS) is 16.6. The molecule has 0 spiro atoms. The Labute approximate surface area is 152 Å². The molecule has 1 aromatic heterocycles. The van der Waals surface area contributed by atoms with Gasteiger partial charge in [-0.15, -0.1) is 0 Å². The third-order valence-electron chi connectivity index (χ3n) is 4.43. The van der Waals surface area contributed by atoms with E-state index in [1.54, 1.807) is 18.3 Å². The molecule has 26 heavy (non-hydrogen) atoms. The molecule has 0 saturated carbocycles. The van der Waals surface area contributed by atoms with E-state index in [1.807, 2.05) is 30.3 Å². The highest BCUT2D eigenvalue weighted by Gasteiger charge is 2.29. The van der Waals surface area contributed by atoms with Gasteiger partial charge >= 0.3 is 0 Å². The molecule has 3 heterocycles. The lowest BCUT2D eigenvalue weighted by Crippen LogP contribution is -2.36. The minimum absolute atomic E-state index is 0.0762. The van der Waals surface area contributed by atoms with Gasteiger partial charge in [0.15, 0.2) is 5.78 Å². The van der Waals surface area contributed by atoms with E-state index in [1.165, 1.54) is 0 Å². The van der Waals surface area contributed by atoms with E-state index in [0.29, 0.717) is 5.56 Å². The Morgan fingerprint density at radius 1 is 1.31 bits per heavy atom. The summed E-state index contributed by atoms with van der Waals surface area (Å²) in [6.07, 6.45) is 4.28. The topological polar surface area (TPSA) is 69.6 Å². The summed E-state index contributed by atoms with van der Waals surface area (Å²) in [6, 6.07) is 11.7. The number of pyridine rings is 1. The Morgan fingerprint density at radius 3 is 3.00 bits per heavy atom. The molecule has 1 aromatic carbocycles. The van der Waals surface area contributed by atoms with E-state index >= 15 is 0 Å². The number of aliphatic imine (C=N–C) groups is 1. The molecular weight excluding hydrogens is 326 g/mol. The monoisotopic (exact) mass is 347 g/mol. The number of nitrogens with one attached hydrogen (secondary N) is 2. The van der Waals surface area contributed by atoms with Gasteiger partial charge in [0.1, 0.15) is 17.5 Å². The summed E-state index contributed by atoms with van der Waals surface area (Å²) in [4.78, 5) is 23.7. The number of para-hydroxylation sites is 1. The summed E-state index contributed by atoms with van der Waals surface area (Å²) in [5.74, 6) is 2.40. The van der Waals surface area contributed by atoms with Crippen molar-refractivity contribution in [3.05, 3.63) is 65.6 Å². The first-order valence-corrected chi connectivity index (χ1v) is 8.90. The number of ketones is 1. The van der Waals surface area contributed by atoms with Crippen molar-refractivity contribution >= 4 is 23.1 Å². The van der Waals surface area contributed by atoms with E-state index in [9.17, 15) is 4.79 Å². The van der Waals surface area contributed by atoms with Crippen LogP contribution >= 0.6 is 0 Å². The maximum absolute atomic E-state index is 12.7. The molecule has 0 bridgehead atoms. The lowest BCUT2D eigenvalue weighted by Gasteiger charge is -2.31. The van der Waals surface area contributed by atoms with Crippen molar-refractivity contribution in [2.45, 2.75) is 13.3 Å². The molecule has 2 aliphatic rings. The van der Waals surface area contributed by atoms with Crippen LogP contribution in [0, 0.1) is 0 Å². The Balaban J connectivity index is 1.58. The number of fused-ring (bicyclic) bond motifs is 3. The predicted octanol–water partition coefficient (Wildman–Crippen LogP) is 3.12. The maximum atomic E-state index is 12.7. The second-order valence-corrected chi connectivity index (χ2v) is 6.28. The van der Waals surface area contributed by atoms with Gasteiger partial charge in [-0.1, -0.05) is 19.1 Å². The molecule has 0 amide bonds. The third kappa shape index (κ3) is 3.06. The van der Waals surface area contributed by atoms with Crippen molar-refractivity contribution in [2.75, 3.05) is 30.3 Å². The van der Waals surface area contributed by atoms with Crippen LogP contribution in [0.25, 0.3) is 0 Å². The summed E-state index contributed by atoms with van der Waals surface area (Å²) < 4.78 is 0. The zero-order valence-corrected chi connectivity index (χ0v) is 14.7. The van der Waals surface area contributed by atoms with Gasteiger partial charge in [-0.05, 0) is 30.7 Å². The number of rotatable bonds is 5. The van der Waals surface area contributed by atoms with Gasteiger partial charge in [0.25, 0.3) is 0 Å². The van der Waals surface area contributed by atoms with Crippen LogP contribution in [0.5, 0.6) is 0 Å². The summed E-state index contributed by atoms with van der Waals surface area (Å²) in [5.41, 5.74) is 2.61. The number of carbonyl (C=O) groups is 1. The van der Waals surface area contributed by atoms with E-state index in [4.69, 9.17) is 0 Å². The van der Waals surface area contributed by atoms with E-state index in [-0.39, 0.29) is 5.78 Å². The van der Waals surface area contributed by atoms with E-state index < -0.39 is 0 Å². The molecule has 0 fully saturated rings.